The van der Waals surface area contributed by atoms with Gasteiger partial charge in [-0.1, -0.05) is 20.8 Å². The number of carbonyl (C=O) groups excluding carboxylic acids is 1. The van der Waals surface area contributed by atoms with Crippen molar-refractivity contribution < 1.29 is 17.6 Å². The van der Waals surface area contributed by atoms with E-state index in [0.717, 1.165) is 18.6 Å². The molecule has 0 aliphatic heterocycles. The van der Waals surface area contributed by atoms with E-state index in [4.69, 9.17) is 5.14 Å². The molecule has 0 aliphatic carbocycles. The van der Waals surface area contributed by atoms with Crippen LogP contribution in [0.4, 0.5) is 4.39 Å². The zero-order chi connectivity index (χ0) is 16.4. The molecule has 8 heteroatoms. The number of nitrogens with two attached hydrogens (primary N) is 1. The van der Waals surface area contributed by atoms with E-state index in [1.165, 1.54) is 0 Å². The summed E-state index contributed by atoms with van der Waals surface area (Å²) in [5.41, 5.74) is -0.0639. The first-order chi connectivity index (χ1) is 9.42. The van der Waals surface area contributed by atoms with E-state index >= 15 is 0 Å². The Balaban J connectivity index is 3.03. The van der Waals surface area contributed by atoms with E-state index in [9.17, 15) is 17.6 Å². The number of amides is 1. The first-order valence-corrected chi connectivity index (χ1v) is 8.56. The minimum Gasteiger partial charge on any atom is -0.352 e. The maximum absolute atomic E-state index is 13.5. The van der Waals surface area contributed by atoms with Crippen LogP contribution in [-0.4, -0.2) is 20.9 Å². The van der Waals surface area contributed by atoms with Gasteiger partial charge in [0.05, 0.1) is 14.9 Å². The lowest BCUT2D eigenvalue weighted by Gasteiger charge is -2.18. The molecular formula is C13H18BrFN2O3S. The summed E-state index contributed by atoms with van der Waals surface area (Å²) < 4.78 is 36.2. The largest absolute Gasteiger partial charge is 0.352 e. The summed E-state index contributed by atoms with van der Waals surface area (Å²) in [4.78, 5) is 11.6. The van der Waals surface area contributed by atoms with Gasteiger partial charge in [0.1, 0.15) is 5.82 Å². The van der Waals surface area contributed by atoms with E-state index < -0.39 is 26.6 Å². The summed E-state index contributed by atoms with van der Waals surface area (Å²) in [7, 11) is -4.12. The van der Waals surface area contributed by atoms with Crippen molar-refractivity contribution in [3.8, 4) is 0 Å². The SMILES string of the molecule is CC(C)(C)CCNC(=O)c1cc(F)cc(S(N)(=O)=O)c1Br. The third-order valence-electron chi connectivity index (χ3n) is 2.72. The second-order valence-corrected chi connectivity index (χ2v) is 8.20. The summed E-state index contributed by atoms with van der Waals surface area (Å²) in [5.74, 6) is -1.40. The van der Waals surface area contributed by atoms with Crippen molar-refractivity contribution in [3.05, 3.63) is 28.0 Å². The van der Waals surface area contributed by atoms with Gasteiger partial charge in [0, 0.05) is 6.54 Å². The summed E-state index contributed by atoms with van der Waals surface area (Å²) in [5, 5.41) is 7.63. The Morgan fingerprint density at radius 1 is 1.38 bits per heavy atom. The molecule has 0 aliphatic rings. The smallest absolute Gasteiger partial charge is 0.252 e. The molecule has 0 spiro atoms. The summed E-state index contributed by atoms with van der Waals surface area (Å²) >= 11 is 3.00. The molecule has 1 rings (SSSR count). The fourth-order valence-electron chi connectivity index (χ4n) is 1.58. The molecule has 118 valence electrons. The Morgan fingerprint density at radius 3 is 2.43 bits per heavy atom. The van der Waals surface area contributed by atoms with Crippen molar-refractivity contribution >= 4 is 31.9 Å². The highest BCUT2D eigenvalue weighted by Crippen LogP contribution is 2.26. The molecule has 5 nitrogen and oxygen atoms in total. The van der Waals surface area contributed by atoms with Gasteiger partial charge >= 0.3 is 0 Å². The molecule has 1 amide bonds. The molecule has 0 saturated heterocycles. The van der Waals surface area contributed by atoms with Crippen molar-refractivity contribution in [1.82, 2.24) is 5.32 Å². The van der Waals surface area contributed by atoms with E-state index in [2.05, 4.69) is 21.2 Å². The average Bonchev–Trinajstić information content (AvgIpc) is 2.28. The van der Waals surface area contributed by atoms with Crippen molar-refractivity contribution in [1.29, 1.82) is 0 Å². The highest BCUT2D eigenvalue weighted by atomic mass is 79.9. The number of primary sulfonamides is 1. The molecule has 0 bridgehead atoms. The summed E-state index contributed by atoms with van der Waals surface area (Å²) in [6.45, 7) is 6.47. The van der Waals surface area contributed by atoms with Gasteiger partial charge in [0.15, 0.2) is 0 Å². The Labute approximate surface area is 132 Å². The van der Waals surface area contributed by atoms with Gasteiger partial charge < -0.3 is 5.32 Å². The van der Waals surface area contributed by atoms with Crippen molar-refractivity contribution in [2.75, 3.05) is 6.54 Å². The van der Waals surface area contributed by atoms with E-state index in [-0.39, 0.29) is 15.5 Å². The maximum Gasteiger partial charge on any atom is 0.252 e. The molecule has 0 saturated carbocycles. The van der Waals surface area contributed by atoms with Crippen LogP contribution in [0, 0.1) is 11.2 Å². The Kier molecular flexibility index (Phi) is 5.51. The molecule has 0 fully saturated rings. The number of halogens is 2. The summed E-state index contributed by atoms with van der Waals surface area (Å²) in [6.07, 6.45) is 0.730. The molecule has 0 aromatic heterocycles. The zero-order valence-electron chi connectivity index (χ0n) is 12.0. The van der Waals surface area contributed by atoms with Gasteiger partial charge in [-0.15, -0.1) is 0 Å². The zero-order valence-corrected chi connectivity index (χ0v) is 14.4. The third kappa shape index (κ3) is 5.37. The van der Waals surface area contributed by atoms with Gasteiger partial charge in [0.2, 0.25) is 10.0 Å². The second kappa shape index (κ2) is 6.41. The van der Waals surface area contributed by atoms with Crippen molar-refractivity contribution in [2.45, 2.75) is 32.1 Å². The molecule has 21 heavy (non-hydrogen) atoms. The number of rotatable bonds is 4. The number of hydrogen-bond donors (Lipinski definition) is 2. The Bertz CT molecular complexity index is 654. The van der Waals surface area contributed by atoms with Crippen LogP contribution in [0.2, 0.25) is 0 Å². The van der Waals surface area contributed by atoms with Crippen LogP contribution in [0.1, 0.15) is 37.6 Å². The van der Waals surface area contributed by atoms with Gasteiger partial charge in [-0.3, -0.25) is 4.79 Å². The second-order valence-electron chi connectivity index (χ2n) is 5.88. The van der Waals surface area contributed by atoms with Crippen molar-refractivity contribution in [2.24, 2.45) is 10.6 Å². The average molecular weight is 381 g/mol. The first-order valence-electron chi connectivity index (χ1n) is 6.22. The highest BCUT2D eigenvalue weighted by molar-refractivity contribution is 9.10. The topological polar surface area (TPSA) is 89.3 Å². The minimum atomic E-state index is -4.12. The van der Waals surface area contributed by atoms with Gasteiger partial charge in [-0.25, -0.2) is 17.9 Å². The van der Waals surface area contributed by atoms with Crippen LogP contribution in [0.15, 0.2) is 21.5 Å². The molecule has 1 aromatic rings. The molecule has 0 atom stereocenters. The highest BCUT2D eigenvalue weighted by Gasteiger charge is 2.21. The standard InChI is InChI=1S/C13H18BrFN2O3S/c1-13(2,3)4-5-17-12(18)9-6-8(15)7-10(11(9)14)21(16,19)20/h6-7H,4-5H2,1-3H3,(H,17,18)(H2,16,19,20). The van der Waals surface area contributed by atoms with Crippen LogP contribution in [0.3, 0.4) is 0 Å². The van der Waals surface area contributed by atoms with Gasteiger partial charge in [0.25, 0.3) is 5.91 Å². The fraction of sp³-hybridized carbons (Fsp3) is 0.462. The van der Waals surface area contributed by atoms with Gasteiger partial charge in [-0.2, -0.15) is 0 Å². The minimum absolute atomic E-state index is 0.0399. The molecule has 0 radical (unpaired) electrons. The van der Waals surface area contributed by atoms with Crippen molar-refractivity contribution in [3.63, 3.8) is 0 Å². The number of sulfonamides is 1. The molecule has 1 aromatic carbocycles. The number of carbonyl (C=O) groups is 1. The quantitative estimate of drug-likeness (QED) is 0.840. The van der Waals surface area contributed by atoms with E-state index in [1.54, 1.807) is 0 Å². The van der Waals surface area contributed by atoms with Crippen LogP contribution in [-0.2, 0) is 10.0 Å². The van der Waals surface area contributed by atoms with E-state index in [1.807, 2.05) is 20.8 Å². The van der Waals surface area contributed by atoms with Crippen LogP contribution < -0.4 is 10.5 Å². The number of hydrogen-bond acceptors (Lipinski definition) is 3. The Hall–Kier alpha value is -0.990. The van der Waals surface area contributed by atoms with Crippen LogP contribution >= 0.6 is 15.9 Å². The normalized spacial score (nSPS) is 12.3. The lowest BCUT2D eigenvalue weighted by molar-refractivity contribution is 0.0948. The predicted octanol–water partition coefficient (Wildman–Crippen LogP) is 2.40. The van der Waals surface area contributed by atoms with Crippen LogP contribution in [0.5, 0.6) is 0 Å². The lowest BCUT2D eigenvalue weighted by Crippen LogP contribution is -2.28. The third-order valence-corrected chi connectivity index (χ3v) is 4.77. The monoisotopic (exact) mass is 380 g/mol. The fourth-order valence-corrected chi connectivity index (χ4v) is 3.31. The molecule has 3 N–H and O–H groups in total. The molecule has 0 heterocycles. The lowest BCUT2D eigenvalue weighted by atomic mass is 9.92. The van der Waals surface area contributed by atoms with E-state index in [0.29, 0.717) is 6.54 Å². The van der Waals surface area contributed by atoms with Crippen LogP contribution in [0.25, 0.3) is 0 Å². The number of nitrogens with one attached hydrogen (secondary N) is 1. The predicted molar refractivity (Wildman–Crippen MR) is 81.9 cm³/mol. The molecule has 0 unspecified atom stereocenters. The first kappa shape index (κ1) is 18.1. The summed E-state index contributed by atoms with van der Waals surface area (Å²) in [6, 6.07) is 1.73. The Morgan fingerprint density at radius 2 is 1.95 bits per heavy atom. The van der Waals surface area contributed by atoms with Gasteiger partial charge in [-0.05, 0) is 39.9 Å². The number of benzene rings is 1. The maximum atomic E-state index is 13.5. The molecular weight excluding hydrogens is 363 g/mol.